The van der Waals surface area contributed by atoms with Gasteiger partial charge in [0.1, 0.15) is 18.1 Å². The van der Waals surface area contributed by atoms with Crippen molar-refractivity contribution in [2.45, 2.75) is 33.7 Å². The van der Waals surface area contributed by atoms with E-state index in [1.807, 2.05) is 38.1 Å². The summed E-state index contributed by atoms with van der Waals surface area (Å²) < 4.78 is 10.1. The van der Waals surface area contributed by atoms with Gasteiger partial charge in [0.15, 0.2) is 0 Å². The highest BCUT2D eigenvalue weighted by Gasteiger charge is 2.27. The van der Waals surface area contributed by atoms with Crippen LogP contribution in [0.5, 0.6) is 0 Å². The fourth-order valence-electron chi connectivity index (χ4n) is 3.46. The van der Waals surface area contributed by atoms with Crippen LogP contribution in [0.2, 0.25) is 0 Å². The van der Waals surface area contributed by atoms with E-state index in [1.54, 1.807) is 13.8 Å². The van der Waals surface area contributed by atoms with E-state index >= 15 is 0 Å². The molecular weight excluding hydrogens is 384 g/mol. The van der Waals surface area contributed by atoms with Crippen LogP contribution in [0.3, 0.4) is 0 Å². The van der Waals surface area contributed by atoms with Crippen LogP contribution in [0.15, 0.2) is 24.3 Å². The van der Waals surface area contributed by atoms with Crippen LogP contribution < -0.4 is 5.32 Å². The number of benzene rings is 1. The van der Waals surface area contributed by atoms with Gasteiger partial charge in [-0.1, -0.05) is 26.0 Å². The predicted octanol–water partition coefficient (Wildman–Crippen LogP) is 3.44. The Morgan fingerprint density at radius 1 is 1.13 bits per heavy atom. The van der Waals surface area contributed by atoms with Crippen molar-refractivity contribution in [2.24, 2.45) is 5.92 Å². The molecule has 0 aliphatic heterocycles. The van der Waals surface area contributed by atoms with Gasteiger partial charge in [-0.2, -0.15) is 0 Å². The molecule has 8 nitrogen and oxygen atoms in total. The molecule has 1 aromatic carbocycles. The Hall–Kier alpha value is -3.13. The molecule has 1 unspecified atom stereocenters. The number of methoxy groups -OCH3 is 1. The number of hydrogen-bond acceptors (Lipinski definition) is 5. The molecule has 0 bridgehead atoms. The number of nitrogens with one attached hydrogen (secondary N) is 3. The minimum Gasteiger partial charge on any atom is -0.460 e. The molecule has 0 spiro atoms. The molecule has 2 aromatic heterocycles. The average Bonchev–Trinajstić information content (AvgIpc) is 3.26. The van der Waals surface area contributed by atoms with Crippen molar-refractivity contribution in [1.82, 2.24) is 20.3 Å². The molecule has 30 heavy (non-hydrogen) atoms. The van der Waals surface area contributed by atoms with E-state index in [-0.39, 0.29) is 24.5 Å². The molecule has 3 N–H and O–H groups in total. The molecule has 2 heterocycles. The maximum atomic E-state index is 13.1. The Labute approximate surface area is 175 Å². The first-order valence-corrected chi connectivity index (χ1v) is 9.94. The van der Waals surface area contributed by atoms with Crippen LogP contribution in [-0.2, 0) is 9.47 Å². The fourth-order valence-corrected chi connectivity index (χ4v) is 3.46. The predicted molar refractivity (Wildman–Crippen MR) is 114 cm³/mol. The van der Waals surface area contributed by atoms with Crippen molar-refractivity contribution in [3.8, 4) is 0 Å². The number of nitrogens with zero attached hydrogens (tertiary/aromatic N) is 1. The number of carbonyl (C=O) groups excluding carboxylic acids is 2. The summed E-state index contributed by atoms with van der Waals surface area (Å²) in [5.41, 5.74) is 3.62. The number of fused-ring (bicyclic) bond motifs is 1. The zero-order valence-electron chi connectivity index (χ0n) is 18.0. The number of imidazole rings is 1. The van der Waals surface area contributed by atoms with E-state index in [4.69, 9.17) is 9.47 Å². The maximum Gasteiger partial charge on any atom is 0.340 e. The van der Waals surface area contributed by atoms with Gasteiger partial charge in [0, 0.05) is 12.8 Å². The molecule has 3 aromatic rings. The second-order valence-electron chi connectivity index (χ2n) is 7.59. The van der Waals surface area contributed by atoms with E-state index < -0.39 is 5.97 Å². The number of aryl methyl sites for hydroxylation is 1. The van der Waals surface area contributed by atoms with Crippen LogP contribution >= 0.6 is 0 Å². The first kappa shape index (κ1) is 21.6. The van der Waals surface area contributed by atoms with E-state index in [0.29, 0.717) is 34.9 Å². The molecule has 1 atom stereocenters. The minimum absolute atomic E-state index is 0.101. The normalized spacial score (nSPS) is 12.3. The van der Waals surface area contributed by atoms with Crippen LogP contribution in [-0.4, -0.2) is 47.2 Å². The summed E-state index contributed by atoms with van der Waals surface area (Å²) in [6, 6.07) is 7.42. The Balaban J connectivity index is 1.83. The number of amides is 1. The third kappa shape index (κ3) is 4.38. The van der Waals surface area contributed by atoms with Gasteiger partial charge in [0.25, 0.3) is 5.91 Å². The summed E-state index contributed by atoms with van der Waals surface area (Å²) >= 11 is 0. The van der Waals surface area contributed by atoms with E-state index in [9.17, 15) is 9.59 Å². The summed E-state index contributed by atoms with van der Waals surface area (Å²) in [5, 5.41) is 3.05. The molecule has 3 rings (SSSR count). The number of aromatic amines is 2. The molecule has 0 radical (unpaired) electrons. The summed E-state index contributed by atoms with van der Waals surface area (Å²) in [7, 11) is 1.54. The first-order chi connectivity index (χ1) is 14.3. The molecule has 1 amide bonds. The molecule has 0 aliphatic carbocycles. The number of H-pyrrole nitrogens is 2. The van der Waals surface area contributed by atoms with Crippen molar-refractivity contribution in [3.63, 3.8) is 0 Å². The van der Waals surface area contributed by atoms with E-state index in [1.165, 1.54) is 7.11 Å². The quantitative estimate of drug-likeness (QED) is 0.388. The van der Waals surface area contributed by atoms with Crippen molar-refractivity contribution in [3.05, 3.63) is 52.6 Å². The Morgan fingerprint density at radius 3 is 2.53 bits per heavy atom. The lowest BCUT2D eigenvalue weighted by Gasteiger charge is -2.20. The minimum atomic E-state index is -0.477. The smallest absolute Gasteiger partial charge is 0.340 e. The third-order valence-electron chi connectivity index (χ3n) is 5.04. The van der Waals surface area contributed by atoms with Crippen LogP contribution in [0.4, 0.5) is 0 Å². The van der Waals surface area contributed by atoms with Gasteiger partial charge >= 0.3 is 5.97 Å². The Morgan fingerprint density at radius 2 is 1.87 bits per heavy atom. The molecule has 0 saturated heterocycles. The van der Waals surface area contributed by atoms with Gasteiger partial charge in [-0.3, -0.25) is 4.79 Å². The van der Waals surface area contributed by atoms with Crippen molar-refractivity contribution in [1.29, 1.82) is 0 Å². The van der Waals surface area contributed by atoms with Crippen molar-refractivity contribution >= 4 is 22.9 Å². The Bertz CT molecular complexity index is 1020. The number of aromatic nitrogens is 3. The highest BCUT2D eigenvalue weighted by atomic mass is 16.6. The lowest BCUT2D eigenvalue weighted by molar-refractivity contribution is 0.0387. The van der Waals surface area contributed by atoms with Crippen LogP contribution in [0.25, 0.3) is 11.0 Å². The topological polar surface area (TPSA) is 109 Å². The lowest BCUT2D eigenvalue weighted by atomic mass is 10.0. The maximum absolute atomic E-state index is 13.1. The average molecular weight is 412 g/mol. The van der Waals surface area contributed by atoms with Crippen LogP contribution in [0, 0.1) is 19.8 Å². The summed E-state index contributed by atoms with van der Waals surface area (Å²) in [5.74, 6) is 0.0183. The van der Waals surface area contributed by atoms with E-state index in [0.717, 1.165) is 11.0 Å². The summed E-state index contributed by atoms with van der Waals surface area (Å²) in [6.07, 6.45) is 0. The number of hydrogen-bond donors (Lipinski definition) is 3. The molecular formula is C22H28N4O4. The molecule has 0 saturated carbocycles. The number of rotatable bonds is 8. The van der Waals surface area contributed by atoms with Gasteiger partial charge in [-0.25, -0.2) is 9.78 Å². The first-order valence-electron chi connectivity index (χ1n) is 9.94. The second-order valence-corrected chi connectivity index (χ2v) is 7.59. The molecule has 160 valence electrons. The SMILES string of the molecule is COCCOC(=O)c1c(C)[nH]c(C(=O)NC(c2nc3ccccc3[nH]2)C(C)C)c1C. The standard InChI is InChI=1S/C22H28N4O4/c1-12(2)18(20-24-15-8-6-7-9-16(15)25-20)26-21(27)19-13(3)17(14(4)23-19)22(28)30-11-10-29-5/h6-9,12,18,23H,10-11H2,1-5H3,(H,24,25)(H,26,27). The van der Waals surface area contributed by atoms with Gasteiger partial charge in [0.05, 0.1) is 29.2 Å². The Kier molecular flexibility index (Phi) is 6.56. The summed E-state index contributed by atoms with van der Waals surface area (Å²) in [6.45, 7) is 7.98. The molecule has 0 fully saturated rings. The number of carbonyl (C=O) groups is 2. The third-order valence-corrected chi connectivity index (χ3v) is 5.04. The van der Waals surface area contributed by atoms with E-state index in [2.05, 4.69) is 20.3 Å². The van der Waals surface area contributed by atoms with Gasteiger partial charge < -0.3 is 24.8 Å². The lowest BCUT2D eigenvalue weighted by Crippen LogP contribution is -2.33. The van der Waals surface area contributed by atoms with Crippen molar-refractivity contribution in [2.75, 3.05) is 20.3 Å². The number of ether oxygens (including phenoxy) is 2. The second kappa shape index (κ2) is 9.13. The monoisotopic (exact) mass is 412 g/mol. The van der Waals surface area contributed by atoms with Crippen LogP contribution in [0.1, 0.15) is 57.8 Å². The zero-order valence-corrected chi connectivity index (χ0v) is 18.0. The molecule has 0 aliphatic rings. The van der Waals surface area contributed by atoms with Gasteiger partial charge in [-0.05, 0) is 37.5 Å². The molecule has 8 heteroatoms. The van der Waals surface area contributed by atoms with Gasteiger partial charge in [0.2, 0.25) is 0 Å². The number of esters is 1. The van der Waals surface area contributed by atoms with Gasteiger partial charge in [-0.15, -0.1) is 0 Å². The fraction of sp³-hybridized carbons (Fsp3) is 0.409. The summed E-state index contributed by atoms with van der Waals surface area (Å²) in [4.78, 5) is 36.4. The highest BCUT2D eigenvalue weighted by molar-refractivity contribution is 6.00. The van der Waals surface area contributed by atoms with Crippen molar-refractivity contribution < 1.29 is 19.1 Å². The zero-order chi connectivity index (χ0) is 21.8. The number of para-hydroxylation sites is 2. The largest absolute Gasteiger partial charge is 0.460 e. The highest BCUT2D eigenvalue weighted by Crippen LogP contribution is 2.24.